The fourth-order valence-corrected chi connectivity index (χ4v) is 4.47. The molecule has 2 amide bonds. The molecular formula is C21H22N6O3S. The van der Waals surface area contributed by atoms with Gasteiger partial charge in [0.2, 0.25) is 11.8 Å². The highest BCUT2D eigenvalue weighted by Gasteiger charge is 2.35. The first-order chi connectivity index (χ1) is 15.1. The lowest BCUT2D eigenvalue weighted by molar-refractivity contribution is -0.139. The van der Waals surface area contributed by atoms with Crippen molar-refractivity contribution in [3.05, 3.63) is 46.9 Å². The largest absolute Gasteiger partial charge is 0.339 e. The van der Waals surface area contributed by atoms with E-state index in [1.54, 1.807) is 9.58 Å². The van der Waals surface area contributed by atoms with Gasteiger partial charge in [0.25, 0.3) is 5.56 Å². The van der Waals surface area contributed by atoms with Gasteiger partial charge in [0.15, 0.2) is 10.8 Å². The summed E-state index contributed by atoms with van der Waals surface area (Å²) in [5.74, 6) is 0.583. The number of H-pyrrole nitrogens is 1. The van der Waals surface area contributed by atoms with Gasteiger partial charge in [-0.3, -0.25) is 14.4 Å². The summed E-state index contributed by atoms with van der Waals surface area (Å²) < 4.78 is 1.62. The van der Waals surface area contributed by atoms with Gasteiger partial charge in [0.05, 0.1) is 17.6 Å². The topological polar surface area (TPSA) is 104 Å². The maximum Gasteiger partial charge on any atom is 0.262 e. The zero-order chi connectivity index (χ0) is 21.4. The van der Waals surface area contributed by atoms with Crippen LogP contribution in [-0.2, 0) is 9.59 Å². The van der Waals surface area contributed by atoms with Crippen molar-refractivity contribution in [3.8, 4) is 5.69 Å². The minimum absolute atomic E-state index is 0.0252. The molecular weight excluding hydrogens is 416 g/mol. The van der Waals surface area contributed by atoms with Crippen molar-refractivity contribution in [2.45, 2.75) is 18.0 Å². The maximum atomic E-state index is 12.6. The zero-order valence-corrected chi connectivity index (χ0v) is 17.7. The van der Waals surface area contributed by atoms with Crippen molar-refractivity contribution in [1.82, 2.24) is 29.5 Å². The number of fused-ring (bicyclic) bond motifs is 1. The third kappa shape index (κ3) is 4.07. The van der Waals surface area contributed by atoms with E-state index < -0.39 is 0 Å². The first-order valence-electron chi connectivity index (χ1n) is 10.3. The summed E-state index contributed by atoms with van der Waals surface area (Å²) in [5, 5.41) is 5.07. The molecule has 5 rings (SSSR count). The summed E-state index contributed by atoms with van der Waals surface area (Å²) in [5.41, 5.74) is 0.979. The van der Waals surface area contributed by atoms with Gasteiger partial charge in [-0.05, 0) is 25.0 Å². The van der Waals surface area contributed by atoms with Gasteiger partial charge in [-0.1, -0.05) is 30.0 Å². The molecule has 0 spiro atoms. The second-order valence-corrected chi connectivity index (χ2v) is 8.73. The molecule has 10 heteroatoms. The van der Waals surface area contributed by atoms with Gasteiger partial charge in [0, 0.05) is 32.1 Å². The van der Waals surface area contributed by atoms with Crippen LogP contribution in [-0.4, -0.2) is 73.3 Å². The second-order valence-electron chi connectivity index (χ2n) is 7.77. The number of amides is 2. The van der Waals surface area contributed by atoms with Gasteiger partial charge in [-0.15, -0.1) is 0 Å². The molecule has 2 aromatic heterocycles. The number of aromatic nitrogens is 4. The average Bonchev–Trinajstić information content (AvgIpc) is 3.57. The normalized spacial score (nSPS) is 16.6. The van der Waals surface area contributed by atoms with E-state index in [4.69, 9.17) is 0 Å². The van der Waals surface area contributed by atoms with Crippen molar-refractivity contribution < 1.29 is 9.59 Å². The first kappa shape index (κ1) is 19.8. The van der Waals surface area contributed by atoms with Crippen LogP contribution in [0.4, 0.5) is 0 Å². The van der Waals surface area contributed by atoms with Crippen molar-refractivity contribution >= 4 is 34.6 Å². The summed E-state index contributed by atoms with van der Waals surface area (Å²) in [4.78, 5) is 48.2. The molecule has 0 atom stereocenters. The molecule has 0 bridgehead atoms. The van der Waals surface area contributed by atoms with Crippen molar-refractivity contribution in [1.29, 1.82) is 0 Å². The average molecular weight is 439 g/mol. The highest BCUT2D eigenvalue weighted by Crippen LogP contribution is 2.31. The molecule has 1 aliphatic carbocycles. The fourth-order valence-electron chi connectivity index (χ4n) is 3.71. The zero-order valence-electron chi connectivity index (χ0n) is 16.9. The monoisotopic (exact) mass is 438 g/mol. The molecule has 2 fully saturated rings. The summed E-state index contributed by atoms with van der Waals surface area (Å²) in [7, 11) is 0. The van der Waals surface area contributed by atoms with E-state index in [1.165, 1.54) is 18.0 Å². The predicted octanol–water partition coefficient (Wildman–Crippen LogP) is 1.28. The van der Waals surface area contributed by atoms with Crippen molar-refractivity contribution in [3.63, 3.8) is 0 Å². The predicted molar refractivity (Wildman–Crippen MR) is 116 cm³/mol. The summed E-state index contributed by atoms with van der Waals surface area (Å²) in [6.45, 7) is 2.26. The molecule has 2 aliphatic rings. The summed E-state index contributed by atoms with van der Waals surface area (Å²) >= 11 is 1.20. The standard InChI is InChI=1S/C21H22N6O3S/c28-17(25-8-10-26(11-9-25)20(30)14-6-7-14)13-31-21-23-18-16(19(29)24-21)12-22-27(18)15-4-2-1-3-5-15/h1-5,12,14H,6-11,13H2,(H,23,24,29). The molecule has 31 heavy (non-hydrogen) atoms. The molecule has 0 radical (unpaired) electrons. The Labute approximate surface area is 182 Å². The molecule has 3 aromatic rings. The lowest BCUT2D eigenvalue weighted by Crippen LogP contribution is -2.51. The van der Waals surface area contributed by atoms with E-state index in [2.05, 4.69) is 15.1 Å². The first-order valence-corrected chi connectivity index (χ1v) is 11.3. The number of rotatable bonds is 5. The molecule has 160 valence electrons. The lowest BCUT2D eigenvalue weighted by Gasteiger charge is -2.34. The molecule has 1 N–H and O–H groups in total. The van der Waals surface area contributed by atoms with E-state index in [-0.39, 0.29) is 29.0 Å². The third-order valence-corrected chi connectivity index (χ3v) is 6.48. The van der Waals surface area contributed by atoms with Crippen LogP contribution in [0.15, 0.2) is 46.5 Å². The minimum atomic E-state index is -0.283. The van der Waals surface area contributed by atoms with Crippen LogP contribution in [0.3, 0.4) is 0 Å². The van der Waals surface area contributed by atoms with Crippen LogP contribution in [0.1, 0.15) is 12.8 Å². The van der Waals surface area contributed by atoms with E-state index in [0.29, 0.717) is 42.4 Å². The van der Waals surface area contributed by atoms with Gasteiger partial charge in [0.1, 0.15) is 5.39 Å². The molecule has 0 unspecified atom stereocenters. The quantitative estimate of drug-likeness (QED) is 0.475. The van der Waals surface area contributed by atoms with Gasteiger partial charge in [-0.2, -0.15) is 5.10 Å². The number of carbonyl (C=O) groups excluding carboxylic acids is 2. The lowest BCUT2D eigenvalue weighted by atomic mass is 10.2. The Kier molecular flexibility index (Phi) is 5.23. The molecule has 3 heterocycles. The molecule has 1 saturated heterocycles. The number of hydrogen-bond donors (Lipinski definition) is 1. The Balaban J connectivity index is 1.25. The Morgan fingerprint density at radius 1 is 1.06 bits per heavy atom. The number of nitrogens with zero attached hydrogens (tertiary/aromatic N) is 5. The van der Waals surface area contributed by atoms with Crippen LogP contribution < -0.4 is 5.56 Å². The SMILES string of the molecule is O=C(CSc1nc2c(cnn2-c2ccccc2)c(=O)[nH]1)N1CCN(C(=O)C2CC2)CC1. The van der Waals surface area contributed by atoms with E-state index in [1.807, 2.05) is 35.2 Å². The molecule has 1 aliphatic heterocycles. The fraction of sp³-hybridized carbons (Fsp3) is 0.381. The maximum absolute atomic E-state index is 12.6. The van der Waals surface area contributed by atoms with Crippen molar-refractivity contribution in [2.24, 2.45) is 5.92 Å². The number of carbonyl (C=O) groups is 2. The summed E-state index contributed by atoms with van der Waals surface area (Å²) in [6, 6.07) is 9.47. The minimum Gasteiger partial charge on any atom is -0.339 e. The number of benzene rings is 1. The van der Waals surface area contributed by atoms with Crippen molar-refractivity contribution in [2.75, 3.05) is 31.9 Å². The number of para-hydroxylation sites is 1. The number of aromatic amines is 1. The third-order valence-electron chi connectivity index (χ3n) is 5.62. The van der Waals surface area contributed by atoms with Crippen LogP contribution in [0.5, 0.6) is 0 Å². The highest BCUT2D eigenvalue weighted by atomic mass is 32.2. The number of nitrogens with one attached hydrogen (secondary N) is 1. The second kappa shape index (κ2) is 8.18. The Morgan fingerprint density at radius 2 is 1.77 bits per heavy atom. The number of thioether (sulfide) groups is 1. The van der Waals surface area contributed by atoms with Gasteiger partial charge < -0.3 is 14.8 Å². The molecule has 1 aromatic carbocycles. The highest BCUT2D eigenvalue weighted by molar-refractivity contribution is 7.99. The number of hydrogen-bond acceptors (Lipinski definition) is 6. The smallest absolute Gasteiger partial charge is 0.262 e. The van der Waals surface area contributed by atoms with Crippen LogP contribution in [0.25, 0.3) is 16.7 Å². The van der Waals surface area contributed by atoms with Gasteiger partial charge in [-0.25, -0.2) is 9.67 Å². The Bertz CT molecular complexity index is 1180. The van der Waals surface area contributed by atoms with E-state index in [9.17, 15) is 14.4 Å². The van der Waals surface area contributed by atoms with E-state index >= 15 is 0 Å². The van der Waals surface area contributed by atoms with E-state index in [0.717, 1.165) is 18.5 Å². The molecule has 1 saturated carbocycles. The Hall–Kier alpha value is -3.14. The summed E-state index contributed by atoms with van der Waals surface area (Å²) in [6.07, 6.45) is 3.48. The molecule has 9 nitrogen and oxygen atoms in total. The Morgan fingerprint density at radius 3 is 2.48 bits per heavy atom. The van der Waals surface area contributed by atoms with Crippen LogP contribution in [0.2, 0.25) is 0 Å². The van der Waals surface area contributed by atoms with Gasteiger partial charge >= 0.3 is 0 Å². The van der Waals surface area contributed by atoms with Crippen LogP contribution >= 0.6 is 11.8 Å². The van der Waals surface area contributed by atoms with Crippen LogP contribution in [0, 0.1) is 5.92 Å². The number of piperazine rings is 1.